The second kappa shape index (κ2) is 4.32. The Morgan fingerprint density at radius 3 is 2.64 bits per heavy atom. The van der Waals surface area contributed by atoms with E-state index in [1.807, 2.05) is 0 Å². The number of ether oxygens (including phenoxy) is 1. The molecule has 1 aromatic rings. The lowest BCUT2D eigenvalue weighted by Gasteiger charge is -2.10. The van der Waals surface area contributed by atoms with Gasteiger partial charge < -0.3 is 10.5 Å². The van der Waals surface area contributed by atoms with Gasteiger partial charge in [0.15, 0.2) is 0 Å². The van der Waals surface area contributed by atoms with E-state index in [0.717, 1.165) is 0 Å². The first-order valence-corrected chi connectivity index (χ1v) is 4.12. The van der Waals surface area contributed by atoms with Crippen LogP contribution in [0.1, 0.15) is 23.2 Å². The maximum absolute atomic E-state index is 12.5. The summed E-state index contributed by atoms with van der Waals surface area (Å²) >= 11 is 0. The predicted molar refractivity (Wildman–Crippen MR) is 48.4 cm³/mol. The number of nitrogens with zero attached hydrogens (tertiary/aromatic N) is 1. The Balaban J connectivity index is 3.24. The third-order valence-corrected chi connectivity index (χ3v) is 1.93. The summed E-state index contributed by atoms with van der Waals surface area (Å²) in [6, 6.07) is 1.36. The summed E-state index contributed by atoms with van der Waals surface area (Å²) in [6.45, 7) is 1.91. The molecule has 0 atom stereocenters. The Kier molecular flexibility index (Phi) is 3.35. The van der Waals surface area contributed by atoms with E-state index >= 15 is 0 Å². The van der Waals surface area contributed by atoms with Gasteiger partial charge in [0.05, 0.1) is 18.4 Å². The number of nitrogens with two attached hydrogens (primary N) is 1. The highest BCUT2D eigenvalue weighted by Crippen LogP contribution is 2.28. The third-order valence-electron chi connectivity index (χ3n) is 1.93. The van der Waals surface area contributed by atoms with Crippen LogP contribution in [0.5, 0.6) is 5.88 Å². The molecule has 0 aliphatic carbocycles. The number of rotatable bonds is 3. The van der Waals surface area contributed by atoms with Crippen LogP contribution in [0.4, 0.5) is 8.78 Å². The fraction of sp³-hybridized carbons (Fsp3) is 0.444. The predicted octanol–water partition coefficient (Wildman–Crippen LogP) is 1.79. The Morgan fingerprint density at radius 2 is 2.21 bits per heavy atom. The van der Waals surface area contributed by atoms with Gasteiger partial charge in [0.1, 0.15) is 0 Å². The highest BCUT2D eigenvalue weighted by molar-refractivity contribution is 5.34. The van der Waals surface area contributed by atoms with Gasteiger partial charge in [-0.05, 0) is 18.6 Å². The van der Waals surface area contributed by atoms with Gasteiger partial charge in [-0.3, -0.25) is 0 Å². The molecule has 0 fully saturated rings. The van der Waals surface area contributed by atoms with E-state index < -0.39 is 6.43 Å². The Labute approximate surface area is 80.9 Å². The van der Waals surface area contributed by atoms with Gasteiger partial charge in [-0.1, -0.05) is 0 Å². The number of aromatic nitrogens is 1. The van der Waals surface area contributed by atoms with Gasteiger partial charge in [0.25, 0.3) is 6.43 Å². The molecule has 0 saturated heterocycles. The molecule has 78 valence electrons. The van der Waals surface area contributed by atoms with E-state index in [0.29, 0.717) is 11.3 Å². The van der Waals surface area contributed by atoms with Gasteiger partial charge >= 0.3 is 0 Å². The largest absolute Gasteiger partial charge is 0.481 e. The zero-order valence-corrected chi connectivity index (χ0v) is 8.05. The van der Waals surface area contributed by atoms with Crippen molar-refractivity contribution in [3.63, 3.8) is 0 Å². The molecule has 0 radical (unpaired) electrons. The first-order valence-electron chi connectivity index (χ1n) is 4.12. The molecule has 0 aromatic carbocycles. The average Bonchev–Trinajstić information content (AvgIpc) is 2.17. The molecule has 1 heterocycles. The number of hydrogen-bond donors (Lipinski definition) is 1. The number of hydrogen-bond acceptors (Lipinski definition) is 3. The zero-order chi connectivity index (χ0) is 10.7. The first kappa shape index (κ1) is 10.8. The summed E-state index contributed by atoms with van der Waals surface area (Å²) in [6.07, 6.45) is -2.58. The van der Waals surface area contributed by atoms with Gasteiger partial charge in [0.2, 0.25) is 5.88 Å². The zero-order valence-electron chi connectivity index (χ0n) is 8.05. The van der Waals surface area contributed by atoms with Gasteiger partial charge in [-0.15, -0.1) is 0 Å². The fourth-order valence-corrected chi connectivity index (χ4v) is 1.18. The van der Waals surface area contributed by atoms with E-state index in [4.69, 9.17) is 10.5 Å². The summed E-state index contributed by atoms with van der Waals surface area (Å²) in [4.78, 5) is 3.90. The van der Waals surface area contributed by atoms with Crippen molar-refractivity contribution >= 4 is 0 Å². The van der Waals surface area contributed by atoms with Crippen LogP contribution in [0, 0.1) is 6.92 Å². The Hall–Kier alpha value is -1.23. The summed E-state index contributed by atoms with van der Waals surface area (Å²) in [5.41, 5.74) is 6.43. The SMILES string of the molecule is COc1nc(CN)c(C)cc1C(F)F. The quantitative estimate of drug-likeness (QED) is 0.812. The van der Waals surface area contributed by atoms with E-state index in [-0.39, 0.29) is 18.0 Å². The molecule has 2 N–H and O–H groups in total. The Bertz CT molecular complexity index is 329. The second-order valence-electron chi connectivity index (χ2n) is 2.86. The molecule has 3 nitrogen and oxygen atoms in total. The molecule has 0 unspecified atom stereocenters. The topological polar surface area (TPSA) is 48.1 Å². The number of methoxy groups -OCH3 is 1. The highest BCUT2D eigenvalue weighted by Gasteiger charge is 2.17. The lowest BCUT2D eigenvalue weighted by molar-refractivity contribution is 0.146. The minimum atomic E-state index is -2.58. The lowest BCUT2D eigenvalue weighted by atomic mass is 10.1. The highest BCUT2D eigenvalue weighted by atomic mass is 19.3. The normalized spacial score (nSPS) is 10.7. The van der Waals surface area contributed by atoms with Crippen molar-refractivity contribution in [3.05, 3.63) is 22.9 Å². The van der Waals surface area contributed by atoms with Crippen molar-refractivity contribution in [1.29, 1.82) is 0 Å². The fourth-order valence-electron chi connectivity index (χ4n) is 1.18. The lowest BCUT2D eigenvalue weighted by Crippen LogP contribution is -2.06. The van der Waals surface area contributed by atoms with Gasteiger partial charge in [-0.25, -0.2) is 13.8 Å². The van der Waals surface area contributed by atoms with Crippen molar-refractivity contribution in [2.45, 2.75) is 19.9 Å². The van der Waals surface area contributed by atoms with Crippen molar-refractivity contribution < 1.29 is 13.5 Å². The van der Waals surface area contributed by atoms with E-state index in [1.165, 1.54) is 13.2 Å². The van der Waals surface area contributed by atoms with Crippen LogP contribution in [0.25, 0.3) is 0 Å². The molecule has 0 aliphatic heterocycles. The van der Waals surface area contributed by atoms with Crippen LogP contribution in [0.15, 0.2) is 6.07 Å². The number of halogens is 2. The number of aryl methyl sites for hydroxylation is 1. The average molecular weight is 202 g/mol. The van der Waals surface area contributed by atoms with Crippen LogP contribution in [-0.4, -0.2) is 12.1 Å². The third kappa shape index (κ3) is 1.98. The molecule has 0 bridgehead atoms. The summed E-state index contributed by atoms with van der Waals surface area (Å²) in [5.74, 6) is -0.0500. The summed E-state index contributed by atoms with van der Waals surface area (Å²) < 4.78 is 29.7. The monoisotopic (exact) mass is 202 g/mol. The van der Waals surface area contributed by atoms with Crippen LogP contribution < -0.4 is 10.5 Å². The van der Waals surface area contributed by atoms with Gasteiger partial charge in [-0.2, -0.15) is 0 Å². The minimum absolute atomic E-state index is 0.0500. The maximum atomic E-state index is 12.5. The summed E-state index contributed by atoms with van der Waals surface area (Å²) in [7, 11) is 1.31. The molecule has 5 heteroatoms. The van der Waals surface area contributed by atoms with Crippen LogP contribution in [0.3, 0.4) is 0 Å². The van der Waals surface area contributed by atoms with Crippen molar-refractivity contribution in [3.8, 4) is 5.88 Å². The van der Waals surface area contributed by atoms with Crippen LogP contribution in [0.2, 0.25) is 0 Å². The second-order valence-corrected chi connectivity index (χ2v) is 2.86. The van der Waals surface area contributed by atoms with Gasteiger partial charge in [0, 0.05) is 6.54 Å². The molecule has 14 heavy (non-hydrogen) atoms. The molecular formula is C9H12F2N2O. The van der Waals surface area contributed by atoms with Crippen LogP contribution in [-0.2, 0) is 6.54 Å². The number of alkyl halides is 2. The minimum Gasteiger partial charge on any atom is -0.481 e. The molecule has 0 saturated carbocycles. The maximum Gasteiger partial charge on any atom is 0.269 e. The van der Waals surface area contributed by atoms with Crippen molar-refractivity contribution in [2.75, 3.05) is 7.11 Å². The Morgan fingerprint density at radius 1 is 1.57 bits per heavy atom. The van der Waals surface area contributed by atoms with Crippen molar-refractivity contribution in [1.82, 2.24) is 4.98 Å². The molecule has 0 spiro atoms. The smallest absolute Gasteiger partial charge is 0.269 e. The molecule has 1 rings (SSSR count). The van der Waals surface area contributed by atoms with Crippen LogP contribution >= 0.6 is 0 Å². The first-order chi connectivity index (χ1) is 6.60. The molecular weight excluding hydrogens is 190 g/mol. The summed E-state index contributed by atoms with van der Waals surface area (Å²) in [5, 5.41) is 0. The molecule has 0 aliphatic rings. The van der Waals surface area contributed by atoms with E-state index in [2.05, 4.69) is 4.98 Å². The molecule has 0 amide bonds. The molecule has 1 aromatic heterocycles. The van der Waals surface area contributed by atoms with E-state index in [9.17, 15) is 8.78 Å². The number of pyridine rings is 1. The van der Waals surface area contributed by atoms with E-state index in [1.54, 1.807) is 6.92 Å². The standard InChI is InChI=1S/C9H12F2N2O/c1-5-3-6(8(10)11)9(14-2)13-7(5)4-12/h3,8H,4,12H2,1-2H3. The van der Waals surface area contributed by atoms with Crippen molar-refractivity contribution in [2.24, 2.45) is 5.73 Å².